The lowest BCUT2D eigenvalue weighted by atomic mass is 9.78. The first-order chi connectivity index (χ1) is 28.5. The minimum absolute atomic E-state index is 0.0269. The zero-order valence-electron chi connectivity index (χ0n) is 39.1. The third-order valence-electron chi connectivity index (χ3n) is 12.1. The number of phenols is 1. The molecule has 0 bridgehead atoms. The maximum Gasteiger partial charge on any atom is 0.131 e. The number of rotatable bonds is 6. The van der Waals surface area contributed by atoms with Crippen LogP contribution in [0.15, 0.2) is 133 Å². The Kier molecular flexibility index (Phi) is 11.3. The molecule has 0 amide bonds. The van der Waals surface area contributed by atoms with E-state index in [9.17, 15) is 5.11 Å². The number of pyridine rings is 1. The minimum Gasteiger partial charge on any atom is -0.507 e. The van der Waals surface area contributed by atoms with Crippen molar-refractivity contribution in [3.8, 4) is 72.8 Å². The van der Waals surface area contributed by atoms with Gasteiger partial charge in [-0.2, -0.15) is 0 Å². The van der Waals surface area contributed by atoms with Crippen molar-refractivity contribution >= 4 is 0 Å². The molecule has 0 aliphatic rings. The lowest BCUT2D eigenvalue weighted by molar-refractivity contribution is 0.479. The van der Waals surface area contributed by atoms with Crippen LogP contribution in [0.2, 0.25) is 0 Å². The van der Waals surface area contributed by atoms with E-state index >= 15 is 0 Å². The van der Waals surface area contributed by atoms with Crippen molar-refractivity contribution in [2.75, 3.05) is 0 Å². The fourth-order valence-corrected chi connectivity index (χ4v) is 8.25. The van der Waals surface area contributed by atoms with Crippen LogP contribution < -0.4 is 0 Å². The first-order valence-electron chi connectivity index (χ1n) is 21.9. The van der Waals surface area contributed by atoms with Gasteiger partial charge in [0.1, 0.15) is 5.75 Å². The van der Waals surface area contributed by atoms with Crippen molar-refractivity contribution in [3.05, 3.63) is 167 Å². The molecule has 0 radical (unpaired) electrons. The number of aromatic hydroxyl groups is 1. The SMILES string of the molecule is Cc1cc(-c2cc(C(C)(C)C)cc(C(C)(C)C)c2)cc(-c2ccccc2-c2cccc(-c3ccccc3-c3cc(C)cc(-c4cc(C(C)(C)C)cc(C(C)(C)C)c4)c3O)n2)c1. The molecule has 1 heterocycles. The van der Waals surface area contributed by atoms with Crippen LogP contribution in [0.4, 0.5) is 0 Å². The number of aromatic nitrogens is 1. The number of phenolic OH excluding ortho intramolecular Hbond substituents is 1. The second-order valence-corrected chi connectivity index (χ2v) is 21.4. The Morgan fingerprint density at radius 1 is 0.328 bits per heavy atom. The predicted octanol–water partition coefficient (Wildman–Crippen LogP) is 16.6. The highest BCUT2D eigenvalue weighted by atomic mass is 16.3. The van der Waals surface area contributed by atoms with Crippen molar-refractivity contribution in [3.63, 3.8) is 0 Å². The number of nitrogens with zero attached hydrogens (tertiary/aromatic N) is 1. The Labute approximate surface area is 366 Å². The smallest absolute Gasteiger partial charge is 0.131 e. The van der Waals surface area contributed by atoms with Gasteiger partial charge in [0.05, 0.1) is 11.4 Å². The summed E-state index contributed by atoms with van der Waals surface area (Å²) < 4.78 is 0. The van der Waals surface area contributed by atoms with Crippen molar-refractivity contribution in [1.82, 2.24) is 4.98 Å². The molecule has 0 atom stereocenters. The monoisotopic (exact) mass is 804 g/mol. The highest BCUT2D eigenvalue weighted by Crippen LogP contribution is 2.45. The van der Waals surface area contributed by atoms with E-state index in [0.29, 0.717) is 0 Å². The fraction of sp³-hybridized carbons (Fsp3) is 0.305. The van der Waals surface area contributed by atoms with E-state index in [0.717, 1.165) is 55.9 Å². The molecule has 0 saturated carbocycles. The van der Waals surface area contributed by atoms with Crippen LogP contribution in [-0.2, 0) is 21.7 Å². The molecule has 2 heteroatoms. The van der Waals surface area contributed by atoms with Crippen LogP contribution >= 0.6 is 0 Å². The van der Waals surface area contributed by atoms with E-state index < -0.39 is 0 Å². The highest BCUT2D eigenvalue weighted by molar-refractivity contribution is 5.91. The molecule has 312 valence electrons. The lowest BCUT2D eigenvalue weighted by Gasteiger charge is -2.26. The van der Waals surface area contributed by atoms with Crippen LogP contribution in [0.1, 0.15) is 116 Å². The standard InChI is InChI=1S/C59H65NO/c1-37-26-39(40-31-43(56(3,4)5)35-44(32-40)57(6,7)8)30-41(27-37)47-20-15-17-22-49(47)53-24-19-25-54(60-53)50-23-18-16-21-48(50)52-29-38(2)28-51(55(52)61)42-33-45(58(9,10)11)36-46(34-42)59(12,13)14/h15-36,61H,1-14H3. The van der Waals surface area contributed by atoms with Crippen LogP contribution in [0, 0.1) is 13.8 Å². The third-order valence-corrected chi connectivity index (χ3v) is 12.1. The van der Waals surface area contributed by atoms with Gasteiger partial charge in [-0.25, -0.2) is 4.98 Å². The van der Waals surface area contributed by atoms with Crippen LogP contribution in [0.3, 0.4) is 0 Å². The predicted molar refractivity (Wildman–Crippen MR) is 263 cm³/mol. The minimum atomic E-state index is -0.0456. The molecule has 0 saturated heterocycles. The second kappa shape index (κ2) is 15.9. The van der Waals surface area contributed by atoms with Crippen LogP contribution in [0.25, 0.3) is 67.0 Å². The van der Waals surface area contributed by atoms with E-state index in [1.807, 2.05) is 6.07 Å². The Bertz CT molecular complexity index is 2690. The summed E-state index contributed by atoms with van der Waals surface area (Å²) >= 11 is 0. The number of aryl methyl sites for hydroxylation is 2. The summed E-state index contributed by atoms with van der Waals surface area (Å²) in [6.07, 6.45) is 0. The van der Waals surface area contributed by atoms with E-state index in [1.54, 1.807) is 0 Å². The van der Waals surface area contributed by atoms with E-state index in [2.05, 4.69) is 224 Å². The Morgan fingerprint density at radius 3 is 1.18 bits per heavy atom. The number of benzene rings is 6. The summed E-state index contributed by atoms with van der Waals surface area (Å²) in [7, 11) is 0. The second-order valence-electron chi connectivity index (χ2n) is 21.4. The quantitative estimate of drug-likeness (QED) is 0.182. The van der Waals surface area contributed by atoms with Crippen molar-refractivity contribution in [2.45, 2.75) is 119 Å². The molecule has 2 nitrogen and oxygen atoms in total. The normalized spacial score (nSPS) is 12.5. The largest absolute Gasteiger partial charge is 0.507 e. The zero-order valence-corrected chi connectivity index (χ0v) is 39.1. The molecular formula is C59H65NO. The average molecular weight is 804 g/mol. The summed E-state index contributed by atoms with van der Waals surface area (Å²) in [5.41, 5.74) is 19.7. The molecule has 0 unspecified atom stereocenters. The maximum atomic E-state index is 12.3. The van der Waals surface area contributed by atoms with Gasteiger partial charge in [-0.05, 0) is 133 Å². The van der Waals surface area contributed by atoms with Crippen molar-refractivity contribution in [2.24, 2.45) is 0 Å². The van der Waals surface area contributed by atoms with E-state index in [1.165, 1.54) is 44.5 Å². The van der Waals surface area contributed by atoms with Gasteiger partial charge in [-0.1, -0.05) is 186 Å². The molecule has 61 heavy (non-hydrogen) atoms. The van der Waals surface area contributed by atoms with Crippen molar-refractivity contribution in [1.29, 1.82) is 0 Å². The van der Waals surface area contributed by atoms with Gasteiger partial charge in [0, 0.05) is 22.3 Å². The van der Waals surface area contributed by atoms with Crippen molar-refractivity contribution < 1.29 is 5.11 Å². The molecule has 0 spiro atoms. The van der Waals surface area contributed by atoms with Gasteiger partial charge in [0.2, 0.25) is 0 Å². The molecule has 7 rings (SSSR count). The zero-order chi connectivity index (χ0) is 44.2. The fourth-order valence-electron chi connectivity index (χ4n) is 8.25. The first-order valence-corrected chi connectivity index (χ1v) is 21.9. The van der Waals surface area contributed by atoms with Gasteiger partial charge in [-0.15, -0.1) is 0 Å². The first kappa shape index (κ1) is 43.4. The molecule has 0 aliphatic heterocycles. The lowest BCUT2D eigenvalue weighted by Crippen LogP contribution is -2.16. The number of hydrogen-bond donors (Lipinski definition) is 1. The summed E-state index contributed by atoms with van der Waals surface area (Å²) in [5, 5.41) is 12.3. The Morgan fingerprint density at radius 2 is 0.689 bits per heavy atom. The van der Waals surface area contributed by atoms with Crippen LogP contribution in [0.5, 0.6) is 5.75 Å². The molecule has 6 aromatic carbocycles. The van der Waals surface area contributed by atoms with E-state index in [4.69, 9.17) is 4.98 Å². The maximum absolute atomic E-state index is 12.3. The summed E-state index contributed by atoms with van der Waals surface area (Å²) in [6.45, 7) is 31.6. The summed E-state index contributed by atoms with van der Waals surface area (Å²) in [6, 6.07) is 48.4. The van der Waals surface area contributed by atoms with Gasteiger partial charge in [0.25, 0.3) is 0 Å². The molecule has 1 N–H and O–H groups in total. The molecular weight excluding hydrogens is 739 g/mol. The van der Waals surface area contributed by atoms with Gasteiger partial charge < -0.3 is 5.11 Å². The molecule has 0 aliphatic carbocycles. The van der Waals surface area contributed by atoms with Gasteiger partial charge in [-0.3, -0.25) is 0 Å². The highest BCUT2D eigenvalue weighted by Gasteiger charge is 2.25. The van der Waals surface area contributed by atoms with E-state index in [-0.39, 0.29) is 27.4 Å². The average Bonchev–Trinajstić information content (AvgIpc) is 3.19. The summed E-state index contributed by atoms with van der Waals surface area (Å²) in [5.74, 6) is 0.281. The third kappa shape index (κ3) is 9.30. The van der Waals surface area contributed by atoms with Gasteiger partial charge in [0.15, 0.2) is 0 Å². The Balaban J connectivity index is 1.33. The molecule has 0 fully saturated rings. The van der Waals surface area contributed by atoms with Crippen LogP contribution in [-0.4, -0.2) is 10.1 Å². The van der Waals surface area contributed by atoms with Gasteiger partial charge >= 0.3 is 0 Å². The molecule has 1 aromatic heterocycles. The Hall–Kier alpha value is -5.73. The number of hydrogen-bond acceptors (Lipinski definition) is 2. The summed E-state index contributed by atoms with van der Waals surface area (Å²) in [4.78, 5) is 5.39. The topological polar surface area (TPSA) is 33.1 Å². The molecule has 7 aromatic rings.